The number of hydrogen-bond donors (Lipinski definition) is 0. The third kappa shape index (κ3) is 3.42. The monoisotopic (exact) mass is 428 g/mol. The first-order chi connectivity index (χ1) is 8.92. The van der Waals surface area contributed by atoms with Crippen LogP contribution in [0.1, 0.15) is 11.1 Å². The Morgan fingerprint density at radius 1 is 0.947 bits per heavy atom. The Labute approximate surface area is 127 Å². The van der Waals surface area contributed by atoms with Crippen LogP contribution in [-0.4, -0.2) is 9.78 Å². The van der Waals surface area contributed by atoms with Gasteiger partial charge in [0.15, 0.2) is 0 Å². The van der Waals surface area contributed by atoms with Gasteiger partial charge >= 0.3 is 0 Å². The van der Waals surface area contributed by atoms with Crippen molar-refractivity contribution >= 4 is 0 Å². The van der Waals surface area contributed by atoms with E-state index in [1.54, 1.807) is 0 Å². The quantitative estimate of drug-likeness (QED) is 0.586. The maximum Gasteiger partial charge on any atom is 0.0528 e. The SMILES string of the molecule is [Pt].[c-]1ccccc1-n1cc(Cc2ccccc2)cn1. The van der Waals surface area contributed by atoms with Gasteiger partial charge in [0.25, 0.3) is 0 Å². The second kappa shape index (κ2) is 6.49. The van der Waals surface area contributed by atoms with Crippen LogP contribution in [-0.2, 0) is 27.5 Å². The standard InChI is InChI=1S/C16H13N2.Pt/c1-3-7-14(8-4-1)11-15-12-17-18(13-15)16-9-5-2-6-10-16;/h1-9,12-13H,11H2;/q-1;. The van der Waals surface area contributed by atoms with Crippen molar-refractivity contribution in [3.05, 3.63) is 84.2 Å². The van der Waals surface area contributed by atoms with Gasteiger partial charge in [0.05, 0.1) is 6.20 Å². The molecule has 0 spiro atoms. The van der Waals surface area contributed by atoms with Crippen LogP contribution in [0, 0.1) is 6.07 Å². The van der Waals surface area contributed by atoms with Crippen molar-refractivity contribution in [2.75, 3.05) is 0 Å². The maximum absolute atomic E-state index is 4.37. The van der Waals surface area contributed by atoms with E-state index in [-0.39, 0.29) is 21.1 Å². The van der Waals surface area contributed by atoms with E-state index >= 15 is 0 Å². The van der Waals surface area contributed by atoms with E-state index in [0.29, 0.717) is 0 Å². The van der Waals surface area contributed by atoms with Gasteiger partial charge in [-0.3, -0.25) is 4.68 Å². The van der Waals surface area contributed by atoms with E-state index in [0.717, 1.165) is 12.1 Å². The van der Waals surface area contributed by atoms with E-state index < -0.39 is 0 Å². The Hall–Kier alpha value is -1.66. The Morgan fingerprint density at radius 3 is 2.47 bits per heavy atom. The zero-order chi connectivity index (χ0) is 12.2. The fourth-order valence-electron chi connectivity index (χ4n) is 1.94. The summed E-state index contributed by atoms with van der Waals surface area (Å²) in [6.45, 7) is 0. The predicted octanol–water partition coefficient (Wildman–Crippen LogP) is 3.26. The van der Waals surface area contributed by atoms with Crippen LogP contribution in [0.3, 0.4) is 0 Å². The van der Waals surface area contributed by atoms with Gasteiger partial charge in [-0.25, -0.2) is 0 Å². The Morgan fingerprint density at radius 2 is 1.74 bits per heavy atom. The third-order valence-electron chi connectivity index (χ3n) is 2.83. The summed E-state index contributed by atoms with van der Waals surface area (Å²) in [4.78, 5) is 0. The first-order valence-corrected chi connectivity index (χ1v) is 5.96. The van der Waals surface area contributed by atoms with Gasteiger partial charge in [-0.2, -0.15) is 29.4 Å². The smallest absolute Gasteiger partial charge is 0.0528 e. The number of hydrogen-bond acceptors (Lipinski definition) is 1. The van der Waals surface area contributed by atoms with Crippen molar-refractivity contribution < 1.29 is 21.1 Å². The molecule has 0 aliphatic heterocycles. The summed E-state index contributed by atoms with van der Waals surface area (Å²) >= 11 is 0. The molecule has 19 heavy (non-hydrogen) atoms. The first-order valence-electron chi connectivity index (χ1n) is 5.96. The molecule has 3 aromatic rings. The van der Waals surface area contributed by atoms with Crippen LogP contribution >= 0.6 is 0 Å². The molecule has 0 bridgehead atoms. The van der Waals surface area contributed by atoms with Gasteiger partial charge in [-0.05, 0) is 16.8 Å². The van der Waals surface area contributed by atoms with Gasteiger partial charge in [0, 0.05) is 33.7 Å². The van der Waals surface area contributed by atoms with Gasteiger partial charge in [0.2, 0.25) is 0 Å². The van der Waals surface area contributed by atoms with E-state index in [2.05, 4.69) is 41.6 Å². The molecule has 0 amide bonds. The average molecular weight is 428 g/mol. The first kappa shape index (κ1) is 13.8. The van der Waals surface area contributed by atoms with Gasteiger partial charge in [-0.1, -0.05) is 30.3 Å². The molecule has 2 aromatic carbocycles. The van der Waals surface area contributed by atoms with Crippen molar-refractivity contribution in [3.63, 3.8) is 0 Å². The Balaban J connectivity index is 0.00000133. The van der Waals surface area contributed by atoms with Gasteiger partial charge in [-0.15, -0.1) is 6.07 Å². The van der Waals surface area contributed by atoms with Crippen LogP contribution in [0.25, 0.3) is 5.69 Å². The van der Waals surface area contributed by atoms with Gasteiger partial charge in [0.1, 0.15) is 0 Å². The summed E-state index contributed by atoms with van der Waals surface area (Å²) in [7, 11) is 0. The summed E-state index contributed by atoms with van der Waals surface area (Å²) in [5.74, 6) is 0. The molecule has 0 N–H and O–H groups in total. The van der Waals surface area contributed by atoms with Crippen molar-refractivity contribution in [1.82, 2.24) is 9.78 Å². The second-order valence-corrected chi connectivity index (χ2v) is 4.20. The average Bonchev–Trinajstić information content (AvgIpc) is 2.89. The maximum atomic E-state index is 4.37. The molecular formula is C16H13N2Pt-. The summed E-state index contributed by atoms with van der Waals surface area (Å²) in [5.41, 5.74) is 3.48. The molecule has 0 saturated carbocycles. The van der Waals surface area contributed by atoms with E-state index in [1.165, 1.54) is 11.1 Å². The fourth-order valence-corrected chi connectivity index (χ4v) is 1.94. The molecule has 3 rings (SSSR count). The van der Waals surface area contributed by atoms with Crippen molar-refractivity contribution in [2.24, 2.45) is 0 Å². The number of nitrogens with zero attached hydrogens (tertiary/aromatic N) is 2. The normalized spacial score (nSPS) is 9.89. The van der Waals surface area contributed by atoms with Crippen LogP contribution in [0.4, 0.5) is 0 Å². The van der Waals surface area contributed by atoms with Crippen LogP contribution < -0.4 is 0 Å². The van der Waals surface area contributed by atoms with E-state index in [4.69, 9.17) is 0 Å². The number of rotatable bonds is 3. The molecule has 0 aliphatic carbocycles. The summed E-state index contributed by atoms with van der Waals surface area (Å²) in [5, 5.41) is 4.37. The minimum absolute atomic E-state index is 0. The molecule has 0 atom stereocenters. The molecule has 0 fully saturated rings. The largest absolute Gasteiger partial charge is 0.265 e. The van der Waals surface area contributed by atoms with Crippen molar-refractivity contribution in [3.8, 4) is 5.69 Å². The van der Waals surface area contributed by atoms with Crippen LogP contribution in [0.2, 0.25) is 0 Å². The molecule has 98 valence electrons. The van der Waals surface area contributed by atoms with Gasteiger partial charge < -0.3 is 0 Å². The minimum atomic E-state index is 0. The predicted molar refractivity (Wildman–Crippen MR) is 71.6 cm³/mol. The van der Waals surface area contributed by atoms with E-state index in [9.17, 15) is 0 Å². The third-order valence-corrected chi connectivity index (χ3v) is 2.83. The molecular weight excluding hydrogens is 415 g/mol. The molecule has 0 radical (unpaired) electrons. The van der Waals surface area contributed by atoms with Crippen molar-refractivity contribution in [1.29, 1.82) is 0 Å². The zero-order valence-electron chi connectivity index (χ0n) is 10.3. The molecule has 0 saturated heterocycles. The summed E-state index contributed by atoms with van der Waals surface area (Å²) in [6.07, 6.45) is 4.88. The molecule has 0 aliphatic rings. The number of benzene rings is 2. The summed E-state index contributed by atoms with van der Waals surface area (Å²) < 4.78 is 1.86. The van der Waals surface area contributed by atoms with E-state index in [1.807, 2.05) is 41.2 Å². The minimum Gasteiger partial charge on any atom is -0.265 e. The van der Waals surface area contributed by atoms with Crippen molar-refractivity contribution in [2.45, 2.75) is 6.42 Å². The molecule has 3 heteroatoms. The molecule has 0 unspecified atom stereocenters. The topological polar surface area (TPSA) is 17.8 Å². The fraction of sp³-hybridized carbons (Fsp3) is 0.0625. The Kier molecular flexibility index (Phi) is 4.70. The second-order valence-electron chi connectivity index (χ2n) is 4.20. The summed E-state index contributed by atoms with van der Waals surface area (Å²) in [6, 6.07) is 21.4. The van der Waals surface area contributed by atoms with Crippen LogP contribution in [0.5, 0.6) is 0 Å². The molecule has 1 heterocycles. The zero-order valence-corrected chi connectivity index (χ0v) is 12.5. The number of aromatic nitrogens is 2. The molecule has 1 aromatic heterocycles. The Bertz CT molecular complexity index is 618. The van der Waals surface area contributed by atoms with Crippen LogP contribution in [0.15, 0.2) is 67.0 Å². The number of para-hydroxylation sites is 1. The molecule has 2 nitrogen and oxygen atoms in total.